The molecule has 4 heterocycles. The predicted octanol–water partition coefficient (Wildman–Crippen LogP) is 5.09. The lowest BCUT2D eigenvalue weighted by atomic mass is 9.99. The van der Waals surface area contributed by atoms with Crippen LogP contribution in [0.15, 0.2) is 61.4 Å². The molecule has 0 unspecified atom stereocenters. The maximum absolute atomic E-state index is 12.5. The molecule has 42 heavy (non-hydrogen) atoms. The number of carbonyl (C=O) groups excluding carboxylic acids is 1. The van der Waals surface area contributed by atoms with Gasteiger partial charge in [-0.3, -0.25) is 9.78 Å². The number of anilines is 1. The molecule has 4 aromatic rings. The Hall–Kier alpha value is -4.26. The lowest BCUT2D eigenvalue weighted by Crippen LogP contribution is -2.56. The normalized spacial score (nSPS) is 19.3. The van der Waals surface area contributed by atoms with E-state index in [-0.39, 0.29) is 18.5 Å². The van der Waals surface area contributed by atoms with Gasteiger partial charge in [0.15, 0.2) is 0 Å². The van der Waals surface area contributed by atoms with Gasteiger partial charge in [-0.05, 0) is 56.3 Å². The van der Waals surface area contributed by atoms with Gasteiger partial charge >= 0.3 is 6.01 Å². The number of benzene rings is 2. The maximum Gasteiger partial charge on any atom is 0.319 e. The van der Waals surface area contributed by atoms with Gasteiger partial charge in [-0.25, -0.2) is 6.57 Å². The van der Waals surface area contributed by atoms with Crippen molar-refractivity contribution >= 4 is 45.0 Å². The molecule has 0 bridgehead atoms. The Bertz CT molecular complexity index is 1700. The number of likely N-dealkylation sites (N-methyl/N-ethyl adjacent to an activating group) is 1. The van der Waals surface area contributed by atoms with E-state index in [1.165, 1.54) is 6.08 Å². The minimum Gasteiger partial charge on any atom is -0.462 e. The van der Waals surface area contributed by atoms with E-state index in [2.05, 4.69) is 33.3 Å². The van der Waals surface area contributed by atoms with E-state index >= 15 is 0 Å². The number of aromatic nitrogens is 3. The molecular formula is C32H32ClN7O2. The maximum atomic E-state index is 12.5. The van der Waals surface area contributed by atoms with Crippen molar-refractivity contribution in [1.29, 1.82) is 0 Å². The summed E-state index contributed by atoms with van der Waals surface area (Å²) in [6.45, 7) is 14.4. The number of carbonyl (C=O) groups is 1. The second kappa shape index (κ2) is 11.9. The molecule has 0 N–H and O–H groups in total. The first-order valence-electron chi connectivity index (χ1n) is 14.2. The highest BCUT2D eigenvalue weighted by atomic mass is 35.5. The molecule has 1 amide bonds. The van der Waals surface area contributed by atoms with Crippen molar-refractivity contribution < 1.29 is 9.53 Å². The van der Waals surface area contributed by atoms with Crippen LogP contribution in [-0.2, 0) is 4.79 Å². The number of fused-ring (bicyclic) bond motifs is 2. The highest BCUT2D eigenvalue weighted by Crippen LogP contribution is 2.36. The van der Waals surface area contributed by atoms with Crippen molar-refractivity contribution in [2.24, 2.45) is 0 Å². The summed E-state index contributed by atoms with van der Waals surface area (Å²) >= 11 is 6.64. The number of amides is 1. The van der Waals surface area contributed by atoms with Crippen molar-refractivity contribution in [2.45, 2.75) is 24.9 Å². The molecule has 214 valence electrons. The van der Waals surface area contributed by atoms with Crippen LogP contribution in [0.4, 0.5) is 5.82 Å². The summed E-state index contributed by atoms with van der Waals surface area (Å²) in [5, 5.41) is 3.43. The van der Waals surface area contributed by atoms with Crippen LogP contribution in [0.25, 0.3) is 37.6 Å². The van der Waals surface area contributed by atoms with Crippen LogP contribution in [0.2, 0.25) is 5.02 Å². The topological polar surface area (TPSA) is 79.1 Å². The SMILES string of the molecule is [C-]#[N+]C[C@H]1CN(c2nc(OC[C@@H]3CCCN3C)nc3cc(-c4cncc5cccc(Cl)c45)ccc23)CCN1C(=O)C=C. The summed E-state index contributed by atoms with van der Waals surface area (Å²) in [6.07, 6.45) is 7.18. The zero-order valence-electron chi connectivity index (χ0n) is 23.5. The second-order valence-electron chi connectivity index (χ2n) is 10.9. The number of pyridine rings is 1. The Kier molecular flexibility index (Phi) is 7.92. The third-order valence-electron chi connectivity index (χ3n) is 8.32. The number of halogens is 1. The molecular weight excluding hydrogens is 550 g/mol. The summed E-state index contributed by atoms with van der Waals surface area (Å²) < 4.78 is 6.24. The van der Waals surface area contributed by atoms with Crippen LogP contribution in [-0.4, -0.2) is 89.1 Å². The van der Waals surface area contributed by atoms with Gasteiger partial charge in [-0.2, -0.15) is 9.97 Å². The Morgan fingerprint density at radius 2 is 2.07 bits per heavy atom. The quantitative estimate of drug-likeness (QED) is 0.222. The van der Waals surface area contributed by atoms with E-state index in [1.54, 1.807) is 4.90 Å². The molecule has 9 nitrogen and oxygen atoms in total. The number of hydrogen-bond donors (Lipinski definition) is 0. The number of likely N-dealkylation sites (tertiary alicyclic amines) is 1. The first-order valence-corrected chi connectivity index (χ1v) is 14.5. The van der Waals surface area contributed by atoms with Gasteiger partial charge in [0.25, 0.3) is 0 Å². The van der Waals surface area contributed by atoms with E-state index in [0.717, 1.165) is 58.0 Å². The van der Waals surface area contributed by atoms with E-state index in [0.29, 0.717) is 43.3 Å². The van der Waals surface area contributed by atoms with Crippen LogP contribution < -0.4 is 9.64 Å². The Balaban J connectivity index is 1.42. The summed E-state index contributed by atoms with van der Waals surface area (Å²) in [6, 6.07) is 12.3. The van der Waals surface area contributed by atoms with E-state index < -0.39 is 0 Å². The molecule has 10 heteroatoms. The standard InChI is InChI=1S/C32H32ClN7O2/c1-4-29(41)40-14-13-39(19-24(40)17-34-2)31-25-11-10-21(26-18-35-16-22-7-5-9-27(33)30(22)26)15-28(25)36-32(37-31)42-20-23-8-6-12-38(23)3/h4-5,7,9-11,15-16,18,23-24H,1,6,8,12-14,17,19-20H2,3H3/t23-,24-/m0/s1. The van der Waals surface area contributed by atoms with Crippen LogP contribution >= 0.6 is 11.6 Å². The number of nitrogens with zero attached hydrogens (tertiary/aromatic N) is 7. The van der Waals surface area contributed by atoms with Crippen LogP contribution in [0.5, 0.6) is 6.01 Å². The molecule has 2 aromatic carbocycles. The molecule has 2 fully saturated rings. The zero-order chi connectivity index (χ0) is 29.2. The lowest BCUT2D eigenvalue weighted by molar-refractivity contribution is -0.128. The molecule has 2 saturated heterocycles. The minimum absolute atomic E-state index is 0.160. The third-order valence-corrected chi connectivity index (χ3v) is 8.63. The molecule has 2 aromatic heterocycles. The molecule has 0 spiro atoms. The Labute approximate surface area is 250 Å². The monoisotopic (exact) mass is 581 g/mol. The average Bonchev–Trinajstić information content (AvgIpc) is 3.43. The van der Waals surface area contributed by atoms with Gasteiger partial charge in [-0.1, -0.05) is 36.4 Å². The smallest absolute Gasteiger partial charge is 0.319 e. The fraction of sp³-hybridized carbons (Fsp3) is 0.344. The molecule has 2 aliphatic rings. The number of ether oxygens (including phenoxy) is 1. The first kappa shape index (κ1) is 27.9. The number of piperazine rings is 1. The van der Waals surface area contributed by atoms with Crippen molar-refractivity contribution in [3.63, 3.8) is 0 Å². The Morgan fingerprint density at radius 3 is 2.86 bits per heavy atom. The van der Waals surface area contributed by atoms with E-state index in [4.69, 9.17) is 32.9 Å². The minimum atomic E-state index is -0.272. The molecule has 0 aliphatic carbocycles. The van der Waals surface area contributed by atoms with Crippen LogP contribution in [0.1, 0.15) is 12.8 Å². The van der Waals surface area contributed by atoms with Crippen molar-refractivity contribution in [2.75, 3.05) is 51.3 Å². The second-order valence-corrected chi connectivity index (χ2v) is 11.3. The third kappa shape index (κ3) is 5.36. The van der Waals surface area contributed by atoms with Gasteiger partial charge in [0.2, 0.25) is 12.5 Å². The van der Waals surface area contributed by atoms with E-state index in [9.17, 15) is 4.79 Å². The fourth-order valence-corrected chi connectivity index (χ4v) is 6.33. The summed E-state index contributed by atoms with van der Waals surface area (Å²) in [4.78, 5) is 36.5. The van der Waals surface area contributed by atoms with Crippen molar-refractivity contribution in [1.82, 2.24) is 24.8 Å². The summed E-state index contributed by atoms with van der Waals surface area (Å²) in [5.41, 5.74) is 2.60. The van der Waals surface area contributed by atoms with E-state index in [1.807, 2.05) is 48.8 Å². The fourth-order valence-electron chi connectivity index (χ4n) is 6.05. The molecule has 0 saturated carbocycles. The number of hydrogen-bond acceptors (Lipinski definition) is 7. The van der Waals surface area contributed by atoms with Crippen LogP contribution in [0, 0.1) is 6.57 Å². The average molecular weight is 582 g/mol. The molecule has 0 radical (unpaired) electrons. The molecule has 6 rings (SSSR count). The lowest BCUT2D eigenvalue weighted by Gasteiger charge is -2.39. The van der Waals surface area contributed by atoms with Crippen molar-refractivity contribution in [3.05, 3.63) is 77.9 Å². The summed E-state index contributed by atoms with van der Waals surface area (Å²) in [5.74, 6) is 0.573. The molecule has 2 atom stereocenters. The Morgan fingerprint density at radius 1 is 1.19 bits per heavy atom. The van der Waals surface area contributed by atoms with Crippen molar-refractivity contribution in [3.8, 4) is 17.1 Å². The van der Waals surface area contributed by atoms with Gasteiger partial charge in [0, 0.05) is 64.8 Å². The highest BCUT2D eigenvalue weighted by Gasteiger charge is 2.33. The number of rotatable bonds is 7. The van der Waals surface area contributed by atoms with Gasteiger partial charge < -0.3 is 24.3 Å². The first-order chi connectivity index (χ1) is 20.5. The predicted molar refractivity (Wildman–Crippen MR) is 166 cm³/mol. The van der Waals surface area contributed by atoms with Gasteiger partial charge in [0.1, 0.15) is 18.5 Å². The largest absolute Gasteiger partial charge is 0.462 e. The van der Waals surface area contributed by atoms with Gasteiger partial charge in [-0.15, -0.1) is 0 Å². The summed E-state index contributed by atoms with van der Waals surface area (Å²) in [7, 11) is 2.12. The van der Waals surface area contributed by atoms with Crippen LogP contribution in [0.3, 0.4) is 0 Å². The molecule has 2 aliphatic heterocycles. The van der Waals surface area contributed by atoms with Gasteiger partial charge in [0.05, 0.1) is 5.52 Å². The highest BCUT2D eigenvalue weighted by molar-refractivity contribution is 6.36. The zero-order valence-corrected chi connectivity index (χ0v) is 24.3.